The number of halogens is 1. The van der Waals surface area contributed by atoms with E-state index in [0.717, 1.165) is 24.9 Å². The molecule has 0 aliphatic heterocycles. The van der Waals surface area contributed by atoms with Crippen molar-refractivity contribution >= 4 is 0 Å². The second kappa shape index (κ2) is 9.87. The third-order valence-electron chi connectivity index (χ3n) is 3.88. The molecule has 0 saturated carbocycles. The fraction of sp³-hybridized carbons (Fsp3) is 0.706. The minimum atomic E-state index is -0.243. The summed E-state index contributed by atoms with van der Waals surface area (Å²) in [6, 6.07) is 1.84. The third kappa shape index (κ3) is 6.00. The summed E-state index contributed by atoms with van der Waals surface area (Å²) in [5.41, 5.74) is 0.980. The Morgan fingerprint density at radius 1 is 1.20 bits per heavy atom. The van der Waals surface area contributed by atoms with Gasteiger partial charge in [0.25, 0.3) is 0 Å². The van der Waals surface area contributed by atoms with Crippen molar-refractivity contribution in [3.8, 4) is 0 Å². The third-order valence-corrected chi connectivity index (χ3v) is 3.88. The zero-order chi connectivity index (χ0) is 14.8. The van der Waals surface area contributed by atoms with Gasteiger partial charge in [0.1, 0.15) is 5.82 Å². The molecule has 0 fully saturated rings. The molecule has 0 spiro atoms. The number of rotatable bonds is 10. The molecule has 114 valence electrons. The Balaban J connectivity index is 2.72. The normalized spacial score (nSPS) is 14.2. The van der Waals surface area contributed by atoms with E-state index in [1.165, 1.54) is 31.9 Å². The Labute approximate surface area is 123 Å². The van der Waals surface area contributed by atoms with Crippen LogP contribution in [0.25, 0.3) is 0 Å². The fourth-order valence-electron chi connectivity index (χ4n) is 2.59. The summed E-state index contributed by atoms with van der Waals surface area (Å²) >= 11 is 0. The number of pyridine rings is 1. The maximum Gasteiger partial charge on any atom is 0.141 e. The summed E-state index contributed by atoms with van der Waals surface area (Å²) < 4.78 is 13.4. The van der Waals surface area contributed by atoms with Crippen LogP contribution in [0.5, 0.6) is 0 Å². The quantitative estimate of drug-likeness (QED) is 0.661. The van der Waals surface area contributed by atoms with Crippen molar-refractivity contribution in [2.24, 2.45) is 5.92 Å². The number of unbranched alkanes of at least 4 members (excludes halogenated alkanes) is 1. The Kier molecular flexibility index (Phi) is 8.43. The molecule has 1 aromatic heterocycles. The maximum absolute atomic E-state index is 13.4. The maximum atomic E-state index is 13.4. The van der Waals surface area contributed by atoms with Crippen LogP contribution in [0.15, 0.2) is 18.5 Å². The molecule has 0 amide bonds. The van der Waals surface area contributed by atoms with E-state index in [4.69, 9.17) is 0 Å². The topological polar surface area (TPSA) is 24.9 Å². The predicted molar refractivity (Wildman–Crippen MR) is 83.2 cm³/mol. The van der Waals surface area contributed by atoms with E-state index < -0.39 is 0 Å². The van der Waals surface area contributed by atoms with E-state index in [1.807, 2.05) is 0 Å². The van der Waals surface area contributed by atoms with Gasteiger partial charge in [-0.15, -0.1) is 0 Å². The number of nitrogens with one attached hydrogen (secondary N) is 1. The van der Waals surface area contributed by atoms with Crippen LogP contribution in [-0.2, 0) is 0 Å². The summed E-state index contributed by atoms with van der Waals surface area (Å²) in [5, 5.41) is 3.55. The predicted octanol–water partition coefficient (Wildman–Crippen LogP) is 4.87. The highest BCUT2D eigenvalue weighted by molar-refractivity contribution is 5.15. The largest absolute Gasteiger partial charge is 0.310 e. The molecule has 3 heteroatoms. The highest BCUT2D eigenvalue weighted by Gasteiger charge is 2.17. The Hall–Kier alpha value is -0.960. The van der Waals surface area contributed by atoms with Crippen LogP contribution >= 0.6 is 0 Å². The van der Waals surface area contributed by atoms with E-state index in [9.17, 15) is 4.39 Å². The summed E-state index contributed by atoms with van der Waals surface area (Å²) in [4.78, 5) is 3.99. The Morgan fingerprint density at radius 2 is 2.00 bits per heavy atom. The molecule has 1 aromatic rings. The lowest BCUT2D eigenvalue weighted by atomic mass is 9.89. The van der Waals surface area contributed by atoms with Gasteiger partial charge in [0.2, 0.25) is 0 Å². The smallest absolute Gasteiger partial charge is 0.141 e. The van der Waals surface area contributed by atoms with E-state index in [0.29, 0.717) is 5.92 Å². The molecular formula is C17H29FN2. The van der Waals surface area contributed by atoms with Gasteiger partial charge in [0.15, 0.2) is 0 Å². The number of nitrogens with zero attached hydrogens (tertiary/aromatic N) is 1. The first-order chi connectivity index (χ1) is 9.71. The van der Waals surface area contributed by atoms with Crippen LogP contribution in [0.3, 0.4) is 0 Å². The molecule has 2 unspecified atom stereocenters. The molecule has 0 aromatic carbocycles. The Morgan fingerprint density at radius 3 is 2.60 bits per heavy atom. The fourth-order valence-corrected chi connectivity index (χ4v) is 2.59. The highest BCUT2D eigenvalue weighted by atomic mass is 19.1. The van der Waals surface area contributed by atoms with Crippen LogP contribution in [-0.4, -0.2) is 11.5 Å². The SMILES string of the molecule is CCCCC(CC)CC(NCCC)c1cncc(F)c1. The second-order valence-electron chi connectivity index (χ2n) is 5.60. The number of hydrogen-bond acceptors (Lipinski definition) is 2. The summed E-state index contributed by atoms with van der Waals surface area (Å²) in [5.74, 6) is 0.458. The molecule has 0 aliphatic rings. The number of hydrogen-bond donors (Lipinski definition) is 1. The molecule has 1 N–H and O–H groups in total. The zero-order valence-corrected chi connectivity index (χ0v) is 13.2. The summed E-state index contributed by atoms with van der Waals surface area (Å²) in [7, 11) is 0. The van der Waals surface area contributed by atoms with Gasteiger partial charge in [0.05, 0.1) is 6.20 Å². The first kappa shape index (κ1) is 17.1. The average molecular weight is 280 g/mol. The van der Waals surface area contributed by atoms with Crippen molar-refractivity contribution in [1.29, 1.82) is 0 Å². The van der Waals surface area contributed by atoms with Crippen LogP contribution in [0.2, 0.25) is 0 Å². The van der Waals surface area contributed by atoms with Crippen LogP contribution in [0.4, 0.5) is 4.39 Å². The van der Waals surface area contributed by atoms with Crippen LogP contribution in [0, 0.1) is 11.7 Å². The van der Waals surface area contributed by atoms with E-state index >= 15 is 0 Å². The van der Waals surface area contributed by atoms with Gasteiger partial charge in [-0.3, -0.25) is 4.98 Å². The molecule has 20 heavy (non-hydrogen) atoms. The van der Waals surface area contributed by atoms with Crippen molar-refractivity contribution in [2.45, 2.75) is 65.3 Å². The molecule has 2 nitrogen and oxygen atoms in total. The van der Waals surface area contributed by atoms with E-state index in [1.54, 1.807) is 12.3 Å². The molecule has 2 atom stereocenters. The van der Waals surface area contributed by atoms with E-state index in [-0.39, 0.29) is 11.9 Å². The van der Waals surface area contributed by atoms with Crippen molar-refractivity contribution in [3.63, 3.8) is 0 Å². The van der Waals surface area contributed by atoms with Gasteiger partial charge in [-0.25, -0.2) is 4.39 Å². The lowest BCUT2D eigenvalue weighted by Gasteiger charge is -2.24. The van der Waals surface area contributed by atoms with Crippen molar-refractivity contribution < 1.29 is 4.39 Å². The molecule has 1 rings (SSSR count). The molecular weight excluding hydrogens is 251 g/mol. The molecule has 0 bridgehead atoms. The van der Waals surface area contributed by atoms with Crippen molar-refractivity contribution in [1.82, 2.24) is 10.3 Å². The van der Waals surface area contributed by atoms with Gasteiger partial charge in [-0.2, -0.15) is 0 Å². The second-order valence-corrected chi connectivity index (χ2v) is 5.60. The molecule has 0 aliphatic carbocycles. The van der Waals surface area contributed by atoms with Crippen molar-refractivity contribution in [3.05, 3.63) is 29.8 Å². The monoisotopic (exact) mass is 280 g/mol. The van der Waals surface area contributed by atoms with Gasteiger partial charge in [-0.05, 0) is 36.9 Å². The zero-order valence-electron chi connectivity index (χ0n) is 13.2. The molecule has 1 heterocycles. The summed E-state index contributed by atoms with van der Waals surface area (Å²) in [6.45, 7) is 7.60. The first-order valence-corrected chi connectivity index (χ1v) is 8.05. The molecule has 0 saturated heterocycles. The molecule has 0 radical (unpaired) electrons. The standard InChI is InChI=1S/C17H29FN2/c1-4-7-8-14(6-3)10-17(20-9-5-2)15-11-16(18)13-19-12-15/h11-14,17,20H,4-10H2,1-3H3. The Bertz CT molecular complexity index is 368. The van der Waals surface area contributed by atoms with Gasteiger partial charge in [-0.1, -0.05) is 46.5 Å². The summed E-state index contributed by atoms with van der Waals surface area (Å²) in [6.07, 6.45) is 10.2. The highest BCUT2D eigenvalue weighted by Crippen LogP contribution is 2.26. The van der Waals surface area contributed by atoms with Gasteiger partial charge < -0.3 is 5.32 Å². The van der Waals surface area contributed by atoms with Gasteiger partial charge >= 0.3 is 0 Å². The number of aromatic nitrogens is 1. The minimum absolute atomic E-state index is 0.222. The van der Waals surface area contributed by atoms with E-state index in [2.05, 4.69) is 31.1 Å². The van der Waals surface area contributed by atoms with Gasteiger partial charge in [0, 0.05) is 12.2 Å². The minimum Gasteiger partial charge on any atom is -0.310 e. The average Bonchev–Trinajstić information content (AvgIpc) is 2.46. The van der Waals surface area contributed by atoms with Crippen LogP contribution in [0.1, 0.15) is 70.9 Å². The lowest BCUT2D eigenvalue weighted by molar-refractivity contribution is 0.352. The van der Waals surface area contributed by atoms with Crippen molar-refractivity contribution in [2.75, 3.05) is 6.54 Å². The lowest BCUT2D eigenvalue weighted by Crippen LogP contribution is -2.25. The first-order valence-electron chi connectivity index (χ1n) is 8.05. The van der Waals surface area contributed by atoms with Crippen LogP contribution < -0.4 is 5.32 Å².